The van der Waals surface area contributed by atoms with Gasteiger partial charge in [-0.1, -0.05) is 13.8 Å². The van der Waals surface area contributed by atoms with Gasteiger partial charge in [0.2, 0.25) is 11.8 Å². The molecule has 0 aromatic heterocycles. The van der Waals surface area contributed by atoms with Gasteiger partial charge in [0.25, 0.3) is 0 Å². The lowest BCUT2D eigenvalue weighted by atomic mass is 9.97. The highest BCUT2D eigenvalue weighted by molar-refractivity contribution is 5.95. The number of fused-ring (bicyclic) bond motifs is 1. The predicted molar refractivity (Wildman–Crippen MR) is 71.5 cm³/mol. The monoisotopic (exact) mass is 265 g/mol. The molecule has 3 aliphatic heterocycles. The van der Waals surface area contributed by atoms with Gasteiger partial charge in [0, 0.05) is 18.6 Å². The smallest absolute Gasteiger partial charge is 0.246 e. The van der Waals surface area contributed by atoms with E-state index in [-0.39, 0.29) is 36.4 Å². The number of nitrogens with zero attached hydrogens (tertiary/aromatic N) is 2. The molecule has 19 heavy (non-hydrogen) atoms. The summed E-state index contributed by atoms with van der Waals surface area (Å²) < 4.78 is 0. The number of amides is 2. The molecule has 0 spiro atoms. The van der Waals surface area contributed by atoms with Gasteiger partial charge in [-0.25, -0.2) is 0 Å². The number of rotatable bonds is 2. The molecular weight excluding hydrogens is 242 g/mol. The van der Waals surface area contributed by atoms with Gasteiger partial charge >= 0.3 is 0 Å². The van der Waals surface area contributed by atoms with Gasteiger partial charge in [0.15, 0.2) is 0 Å². The van der Waals surface area contributed by atoms with E-state index in [4.69, 9.17) is 0 Å². The summed E-state index contributed by atoms with van der Waals surface area (Å²) >= 11 is 0. The Labute approximate surface area is 114 Å². The van der Waals surface area contributed by atoms with Crippen LogP contribution in [0.4, 0.5) is 0 Å². The second kappa shape index (κ2) is 4.78. The van der Waals surface area contributed by atoms with Crippen LogP contribution in [0.1, 0.15) is 33.1 Å². The van der Waals surface area contributed by atoms with E-state index in [2.05, 4.69) is 10.2 Å². The molecule has 0 bridgehead atoms. The van der Waals surface area contributed by atoms with Gasteiger partial charge in [-0.15, -0.1) is 0 Å². The zero-order valence-electron chi connectivity index (χ0n) is 11.8. The molecule has 3 fully saturated rings. The zero-order valence-corrected chi connectivity index (χ0v) is 11.8. The van der Waals surface area contributed by atoms with E-state index in [1.54, 1.807) is 0 Å². The standard InChI is InChI=1S/C14H23N3O2/c1-9(2)13-14(19)17(8-12(18)15-13)11-5-7-16-6-3-4-10(11)16/h9-11,13H,3-8H2,1-2H3,(H,15,18). The maximum atomic E-state index is 12.6. The molecule has 0 aromatic rings. The Balaban J connectivity index is 1.79. The molecule has 0 saturated carbocycles. The van der Waals surface area contributed by atoms with Crippen molar-refractivity contribution in [1.29, 1.82) is 0 Å². The van der Waals surface area contributed by atoms with Crippen molar-refractivity contribution in [3.63, 3.8) is 0 Å². The quantitative estimate of drug-likeness (QED) is 0.776. The normalized spacial score (nSPS) is 35.9. The summed E-state index contributed by atoms with van der Waals surface area (Å²) in [6.45, 7) is 6.46. The number of piperazine rings is 1. The zero-order chi connectivity index (χ0) is 13.6. The molecular formula is C14H23N3O2. The molecule has 0 aliphatic carbocycles. The van der Waals surface area contributed by atoms with Crippen molar-refractivity contribution in [3.05, 3.63) is 0 Å². The average Bonchev–Trinajstić information content (AvgIpc) is 2.93. The first-order valence-electron chi connectivity index (χ1n) is 7.42. The molecule has 3 saturated heterocycles. The SMILES string of the molecule is CC(C)C1NC(=O)CN(C2CCN3CCCC23)C1=O. The van der Waals surface area contributed by atoms with Gasteiger partial charge in [-0.3, -0.25) is 14.5 Å². The Hall–Kier alpha value is -1.10. The lowest BCUT2D eigenvalue weighted by molar-refractivity contribution is -0.148. The molecule has 1 N–H and O–H groups in total. The number of hydrogen-bond donors (Lipinski definition) is 1. The third kappa shape index (κ3) is 2.14. The van der Waals surface area contributed by atoms with E-state index in [0.29, 0.717) is 6.04 Å². The van der Waals surface area contributed by atoms with Crippen molar-refractivity contribution in [3.8, 4) is 0 Å². The van der Waals surface area contributed by atoms with E-state index < -0.39 is 0 Å². The first-order chi connectivity index (χ1) is 9.08. The molecule has 3 rings (SSSR count). The van der Waals surface area contributed by atoms with Gasteiger partial charge in [0.1, 0.15) is 6.04 Å². The molecule has 3 atom stereocenters. The van der Waals surface area contributed by atoms with Gasteiger partial charge in [-0.05, 0) is 31.7 Å². The number of carbonyl (C=O) groups excluding carboxylic acids is 2. The van der Waals surface area contributed by atoms with Gasteiger partial charge in [-0.2, -0.15) is 0 Å². The van der Waals surface area contributed by atoms with Crippen molar-refractivity contribution in [2.24, 2.45) is 5.92 Å². The molecule has 3 aliphatic rings. The van der Waals surface area contributed by atoms with E-state index in [9.17, 15) is 9.59 Å². The summed E-state index contributed by atoms with van der Waals surface area (Å²) in [5.74, 6) is 0.267. The van der Waals surface area contributed by atoms with Gasteiger partial charge in [0.05, 0.1) is 6.54 Å². The highest BCUT2D eigenvalue weighted by Crippen LogP contribution is 2.32. The molecule has 2 amide bonds. The van der Waals surface area contributed by atoms with Crippen LogP contribution in [0.25, 0.3) is 0 Å². The summed E-state index contributed by atoms with van der Waals surface area (Å²) in [7, 11) is 0. The van der Waals surface area contributed by atoms with Crippen molar-refractivity contribution < 1.29 is 9.59 Å². The van der Waals surface area contributed by atoms with E-state index in [1.807, 2.05) is 18.7 Å². The lowest BCUT2D eigenvalue weighted by Crippen LogP contribution is -2.63. The minimum atomic E-state index is -0.336. The summed E-state index contributed by atoms with van der Waals surface area (Å²) in [4.78, 5) is 28.8. The molecule has 3 heterocycles. The van der Waals surface area contributed by atoms with E-state index in [0.717, 1.165) is 19.5 Å². The minimum absolute atomic E-state index is 0.00486. The number of carbonyl (C=O) groups is 2. The van der Waals surface area contributed by atoms with Crippen molar-refractivity contribution in [1.82, 2.24) is 15.1 Å². The Morgan fingerprint density at radius 1 is 1.16 bits per heavy atom. The highest BCUT2D eigenvalue weighted by atomic mass is 16.2. The first-order valence-corrected chi connectivity index (χ1v) is 7.42. The van der Waals surface area contributed by atoms with Crippen LogP contribution < -0.4 is 5.32 Å². The van der Waals surface area contributed by atoms with Gasteiger partial charge < -0.3 is 10.2 Å². The second-order valence-electron chi connectivity index (χ2n) is 6.36. The molecule has 3 unspecified atom stereocenters. The van der Waals surface area contributed by atoms with Crippen molar-refractivity contribution in [2.75, 3.05) is 19.6 Å². The van der Waals surface area contributed by atoms with Crippen LogP contribution in [0.15, 0.2) is 0 Å². The maximum Gasteiger partial charge on any atom is 0.246 e. The summed E-state index contributed by atoms with van der Waals surface area (Å²) in [5, 5.41) is 2.83. The van der Waals surface area contributed by atoms with Crippen LogP contribution in [0, 0.1) is 5.92 Å². The van der Waals surface area contributed by atoms with Crippen LogP contribution in [0.5, 0.6) is 0 Å². The topological polar surface area (TPSA) is 52.7 Å². The largest absolute Gasteiger partial charge is 0.343 e. The van der Waals surface area contributed by atoms with Crippen LogP contribution in [0.2, 0.25) is 0 Å². The Morgan fingerprint density at radius 2 is 1.95 bits per heavy atom. The van der Waals surface area contributed by atoms with Crippen LogP contribution >= 0.6 is 0 Å². The third-order valence-electron chi connectivity index (χ3n) is 4.82. The van der Waals surface area contributed by atoms with Crippen molar-refractivity contribution >= 4 is 11.8 Å². The van der Waals surface area contributed by atoms with Crippen LogP contribution in [0.3, 0.4) is 0 Å². The Kier molecular flexibility index (Phi) is 3.25. The number of nitrogens with one attached hydrogen (secondary N) is 1. The van der Waals surface area contributed by atoms with Crippen LogP contribution in [-0.4, -0.2) is 59.4 Å². The Morgan fingerprint density at radius 3 is 2.68 bits per heavy atom. The maximum absolute atomic E-state index is 12.6. The fourth-order valence-electron chi connectivity index (χ4n) is 3.84. The molecule has 0 aromatic carbocycles. The minimum Gasteiger partial charge on any atom is -0.343 e. The fraction of sp³-hybridized carbons (Fsp3) is 0.857. The summed E-state index contributed by atoms with van der Waals surface area (Å²) in [6.07, 6.45) is 3.42. The summed E-state index contributed by atoms with van der Waals surface area (Å²) in [6, 6.07) is 0.404. The van der Waals surface area contributed by atoms with Crippen LogP contribution in [-0.2, 0) is 9.59 Å². The predicted octanol–water partition coefficient (Wildman–Crippen LogP) is 0.206. The summed E-state index contributed by atoms with van der Waals surface area (Å²) in [5.41, 5.74) is 0. The second-order valence-corrected chi connectivity index (χ2v) is 6.36. The fourth-order valence-corrected chi connectivity index (χ4v) is 3.84. The highest BCUT2D eigenvalue weighted by Gasteiger charge is 2.45. The Bertz CT molecular complexity index is 396. The van der Waals surface area contributed by atoms with Crippen molar-refractivity contribution in [2.45, 2.75) is 51.2 Å². The molecule has 5 heteroatoms. The third-order valence-corrected chi connectivity index (χ3v) is 4.82. The molecule has 106 valence electrons. The molecule has 0 radical (unpaired) electrons. The first kappa shape index (κ1) is 12.9. The molecule has 5 nitrogen and oxygen atoms in total. The lowest BCUT2D eigenvalue weighted by Gasteiger charge is -2.39. The van der Waals surface area contributed by atoms with E-state index in [1.165, 1.54) is 12.8 Å². The van der Waals surface area contributed by atoms with E-state index >= 15 is 0 Å². The number of hydrogen-bond acceptors (Lipinski definition) is 3. The average molecular weight is 265 g/mol.